The van der Waals surface area contributed by atoms with E-state index in [1.54, 1.807) is 0 Å². The van der Waals surface area contributed by atoms with Gasteiger partial charge in [0.05, 0.1) is 0 Å². The summed E-state index contributed by atoms with van der Waals surface area (Å²) in [7, 11) is 0. The molecule has 14 heavy (non-hydrogen) atoms. The predicted octanol–water partition coefficient (Wildman–Crippen LogP) is 1.20. The number of ether oxygens (including phenoxy) is 2. The van der Waals surface area contributed by atoms with Gasteiger partial charge in [0.1, 0.15) is 6.10 Å². The summed E-state index contributed by atoms with van der Waals surface area (Å²) in [4.78, 5) is 22.0. The minimum atomic E-state index is -0.739. The Morgan fingerprint density at radius 2 is 2.50 bits per heavy atom. The Hall–Kier alpha value is -1.32. The first kappa shape index (κ1) is 10.8. The zero-order valence-electron chi connectivity index (χ0n) is 8.19. The zero-order chi connectivity index (χ0) is 10.6. The second-order valence-corrected chi connectivity index (χ2v) is 3.21. The molecule has 0 amide bonds. The van der Waals surface area contributed by atoms with Gasteiger partial charge in [-0.25, -0.2) is 9.59 Å². The Balaban J connectivity index is 2.44. The summed E-state index contributed by atoms with van der Waals surface area (Å²) in [6.45, 7) is 5.27. The van der Waals surface area contributed by atoms with Crippen molar-refractivity contribution < 1.29 is 19.1 Å². The van der Waals surface area contributed by atoms with Crippen LogP contribution in [-0.2, 0) is 19.1 Å². The van der Waals surface area contributed by atoms with Crippen molar-refractivity contribution in [1.29, 1.82) is 0 Å². The molecule has 1 heterocycles. The number of hydrogen-bond acceptors (Lipinski definition) is 4. The van der Waals surface area contributed by atoms with E-state index in [0.717, 1.165) is 18.9 Å². The van der Waals surface area contributed by atoms with Crippen LogP contribution in [0, 0.1) is 0 Å². The second kappa shape index (κ2) is 4.79. The fraction of sp³-hybridized carbons (Fsp3) is 0.600. The number of esters is 2. The van der Waals surface area contributed by atoms with E-state index < -0.39 is 18.0 Å². The number of cyclic esters (lactones) is 1. The van der Waals surface area contributed by atoms with Crippen molar-refractivity contribution in [3.05, 3.63) is 12.7 Å². The average Bonchev–Trinajstić information content (AvgIpc) is 2.47. The van der Waals surface area contributed by atoms with Crippen LogP contribution in [0.25, 0.3) is 0 Å². The molecular formula is C10H14O4. The van der Waals surface area contributed by atoms with Gasteiger partial charge in [-0.05, 0) is 6.42 Å². The van der Waals surface area contributed by atoms with Crippen LogP contribution >= 0.6 is 0 Å². The average molecular weight is 198 g/mol. The molecule has 4 nitrogen and oxygen atoms in total. The van der Waals surface area contributed by atoms with Crippen LogP contribution in [0.15, 0.2) is 12.7 Å². The van der Waals surface area contributed by atoms with E-state index in [-0.39, 0.29) is 6.10 Å². The van der Waals surface area contributed by atoms with E-state index in [1.807, 2.05) is 6.92 Å². The van der Waals surface area contributed by atoms with Crippen LogP contribution in [0.1, 0.15) is 26.2 Å². The van der Waals surface area contributed by atoms with Crippen molar-refractivity contribution in [3.8, 4) is 0 Å². The summed E-state index contributed by atoms with van der Waals surface area (Å²) in [5, 5.41) is 0. The van der Waals surface area contributed by atoms with Crippen molar-refractivity contribution in [2.24, 2.45) is 0 Å². The highest BCUT2D eigenvalue weighted by Crippen LogP contribution is 2.21. The van der Waals surface area contributed by atoms with Crippen LogP contribution in [0.3, 0.4) is 0 Å². The highest BCUT2D eigenvalue weighted by atomic mass is 16.6. The van der Waals surface area contributed by atoms with Crippen molar-refractivity contribution in [3.63, 3.8) is 0 Å². The maximum atomic E-state index is 11.2. The predicted molar refractivity (Wildman–Crippen MR) is 49.5 cm³/mol. The molecule has 2 atom stereocenters. The van der Waals surface area contributed by atoms with E-state index in [4.69, 9.17) is 9.47 Å². The smallest absolute Gasteiger partial charge is 0.347 e. The van der Waals surface area contributed by atoms with Gasteiger partial charge in [-0.2, -0.15) is 0 Å². The largest absolute Gasteiger partial charge is 0.459 e. The Bertz CT molecular complexity index is 247. The first-order valence-corrected chi connectivity index (χ1v) is 4.71. The molecule has 2 unspecified atom stereocenters. The minimum absolute atomic E-state index is 0.102. The molecule has 0 aliphatic carbocycles. The van der Waals surface area contributed by atoms with E-state index >= 15 is 0 Å². The summed E-state index contributed by atoms with van der Waals surface area (Å²) >= 11 is 0. The molecule has 4 heteroatoms. The monoisotopic (exact) mass is 198 g/mol. The molecule has 78 valence electrons. The van der Waals surface area contributed by atoms with Crippen molar-refractivity contribution >= 4 is 11.9 Å². The molecule has 1 aliphatic rings. The first-order valence-electron chi connectivity index (χ1n) is 4.71. The van der Waals surface area contributed by atoms with Gasteiger partial charge in [0.2, 0.25) is 6.10 Å². The summed E-state index contributed by atoms with van der Waals surface area (Å²) in [6, 6.07) is 0. The fourth-order valence-electron chi connectivity index (χ4n) is 1.41. The van der Waals surface area contributed by atoms with Gasteiger partial charge in [0.25, 0.3) is 0 Å². The molecule has 0 radical (unpaired) electrons. The van der Waals surface area contributed by atoms with Gasteiger partial charge in [-0.3, -0.25) is 0 Å². The van der Waals surface area contributed by atoms with Crippen LogP contribution in [0.5, 0.6) is 0 Å². The van der Waals surface area contributed by atoms with Crippen molar-refractivity contribution in [2.45, 2.75) is 38.4 Å². The van der Waals surface area contributed by atoms with Crippen LogP contribution in [0.4, 0.5) is 0 Å². The second-order valence-electron chi connectivity index (χ2n) is 3.21. The lowest BCUT2D eigenvalue weighted by Crippen LogP contribution is -2.21. The molecular weight excluding hydrogens is 184 g/mol. The third-order valence-corrected chi connectivity index (χ3v) is 2.06. The third-order valence-electron chi connectivity index (χ3n) is 2.06. The Morgan fingerprint density at radius 1 is 1.79 bits per heavy atom. The molecule has 0 aromatic carbocycles. The maximum absolute atomic E-state index is 11.2. The lowest BCUT2D eigenvalue weighted by Gasteiger charge is -2.05. The molecule has 0 aromatic heterocycles. The molecule has 1 saturated heterocycles. The molecule has 1 rings (SSSR count). The Labute approximate surface area is 82.9 Å². The maximum Gasteiger partial charge on any atom is 0.347 e. The molecule has 0 bridgehead atoms. The molecule has 0 spiro atoms. The molecule has 0 aromatic rings. The van der Waals surface area contributed by atoms with Gasteiger partial charge in [0.15, 0.2) is 0 Å². The number of hydrogen-bond donors (Lipinski definition) is 0. The quantitative estimate of drug-likeness (QED) is 0.503. The Morgan fingerprint density at radius 3 is 3.07 bits per heavy atom. The minimum Gasteiger partial charge on any atom is -0.459 e. The normalized spacial score (nSPS) is 25.6. The molecule has 1 aliphatic heterocycles. The van der Waals surface area contributed by atoms with Crippen molar-refractivity contribution in [2.75, 3.05) is 0 Å². The van der Waals surface area contributed by atoms with Crippen molar-refractivity contribution in [1.82, 2.24) is 0 Å². The zero-order valence-corrected chi connectivity index (χ0v) is 8.19. The van der Waals surface area contributed by atoms with E-state index in [9.17, 15) is 9.59 Å². The third kappa shape index (κ3) is 2.58. The van der Waals surface area contributed by atoms with E-state index in [2.05, 4.69) is 6.58 Å². The van der Waals surface area contributed by atoms with Gasteiger partial charge in [-0.1, -0.05) is 19.9 Å². The van der Waals surface area contributed by atoms with Crippen LogP contribution < -0.4 is 0 Å². The molecule has 1 fully saturated rings. The summed E-state index contributed by atoms with van der Waals surface area (Å²) in [5.74, 6) is -1.03. The Kier molecular flexibility index (Phi) is 3.68. The van der Waals surface area contributed by atoms with Gasteiger partial charge < -0.3 is 9.47 Å². The van der Waals surface area contributed by atoms with Crippen LogP contribution in [0.2, 0.25) is 0 Å². The molecule has 0 saturated carbocycles. The lowest BCUT2D eigenvalue weighted by atomic mass is 10.1. The summed E-state index contributed by atoms with van der Waals surface area (Å²) in [6.07, 6.45) is 2.42. The summed E-state index contributed by atoms with van der Waals surface area (Å²) in [5.41, 5.74) is 0. The van der Waals surface area contributed by atoms with Gasteiger partial charge in [-0.15, -0.1) is 0 Å². The highest BCUT2D eigenvalue weighted by Gasteiger charge is 2.36. The number of rotatable bonds is 4. The first-order chi connectivity index (χ1) is 6.67. The SMILES string of the molecule is C=CC(=O)OC1CC(CCC)OC1=O. The number of carbonyl (C=O) groups excluding carboxylic acids is 2. The highest BCUT2D eigenvalue weighted by molar-refractivity contribution is 5.85. The van der Waals surface area contributed by atoms with E-state index in [0.29, 0.717) is 6.42 Å². The van der Waals surface area contributed by atoms with E-state index in [1.165, 1.54) is 0 Å². The topological polar surface area (TPSA) is 52.6 Å². The lowest BCUT2D eigenvalue weighted by molar-refractivity contribution is -0.158. The standard InChI is InChI=1S/C10H14O4/c1-3-5-7-6-8(10(12)13-7)14-9(11)4-2/h4,7-8H,2-3,5-6H2,1H3. The van der Waals surface area contributed by atoms with Gasteiger partial charge in [0, 0.05) is 12.5 Å². The number of carbonyl (C=O) groups is 2. The van der Waals surface area contributed by atoms with Crippen LogP contribution in [-0.4, -0.2) is 24.1 Å². The van der Waals surface area contributed by atoms with Gasteiger partial charge >= 0.3 is 11.9 Å². The molecule has 0 N–H and O–H groups in total. The summed E-state index contributed by atoms with van der Waals surface area (Å²) < 4.78 is 9.83. The fourth-order valence-corrected chi connectivity index (χ4v) is 1.41.